The fourth-order valence-electron chi connectivity index (χ4n) is 2.38. The normalized spacial score (nSPS) is 10.9. The van der Waals surface area contributed by atoms with E-state index in [1.165, 1.54) is 35.2 Å². The molecule has 4 rings (SSSR count). The van der Waals surface area contributed by atoms with Crippen LogP contribution < -0.4 is 5.32 Å². The average Bonchev–Trinajstić information content (AvgIpc) is 3.30. The summed E-state index contributed by atoms with van der Waals surface area (Å²) < 4.78 is 19.3. The minimum Gasteiger partial charge on any atom is -0.338 e. The van der Waals surface area contributed by atoms with Gasteiger partial charge in [0.05, 0.1) is 5.75 Å². The largest absolute Gasteiger partial charge is 0.338 e. The summed E-state index contributed by atoms with van der Waals surface area (Å²) in [5, 5.41) is 15.9. The first-order valence-electron chi connectivity index (χ1n) is 8.05. The van der Waals surface area contributed by atoms with Crippen molar-refractivity contribution in [3.63, 3.8) is 0 Å². The van der Waals surface area contributed by atoms with E-state index in [4.69, 9.17) is 4.52 Å². The van der Waals surface area contributed by atoms with Crippen molar-refractivity contribution >= 4 is 33.9 Å². The highest BCUT2D eigenvalue weighted by atomic mass is 32.2. The smallest absolute Gasteiger partial charge is 0.237 e. The van der Waals surface area contributed by atoms with Gasteiger partial charge in [0.15, 0.2) is 4.34 Å². The summed E-state index contributed by atoms with van der Waals surface area (Å²) in [6.45, 7) is 2.01. The molecular formula is C18H14FN5OS2. The van der Waals surface area contributed by atoms with Crippen LogP contribution in [0.1, 0.15) is 11.5 Å². The van der Waals surface area contributed by atoms with Crippen molar-refractivity contribution in [2.24, 2.45) is 0 Å². The van der Waals surface area contributed by atoms with Gasteiger partial charge in [-0.3, -0.25) is 0 Å². The minimum atomic E-state index is -0.306. The van der Waals surface area contributed by atoms with Crippen LogP contribution in [0.15, 0.2) is 57.4 Å². The van der Waals surface area contributed by atoms with E-state index in [0.717, 1.165) is 15.5 Å². The number of thioether (sulfide) groups is 1. The lowest BCUT2D eigenvalue weighted by Gasteiger charge is -2.00. The van der Waals surface area contributed by atoms with Gasteiger partial charge in [-0.25, -0.2) is 4.39 Å². The van der Waals surface area contributed by atoms with Gasteiger partial charge < -0.3 is 9.84 Å². The second-order valence-electron chi connectivity index (χ2n) is 5.62. The Morgan fingerprint density at radius 2 is 2.04 bits per heavy atom. The van der Waals surface area contributed by atoms with Gasteiger partial charge in [-0.2, -0.15) is 4.98 Å². The van der Waals surface area contributed by atoms with E-state index in [-0.39, 0.29) is 5.82 Å². The van der Waals surface area contributed by atoms with Gasteiger partial charge in [0.2, 0.25) is 16.8 Å². The Balaban J connectivity index is 1.38. The number of aromatic nitrogens is 4. The molecule has 2 heterocycles. The van der Waals surface area contributed by atoms with E-state index in [2.05, 4.69) is 25.7 Å². The number of nitrogens with one attached hydrogen (secondary N) is 1. The maximum absolute atomic E-state index is 13.2. The van der Waals surface area contributed by atoms with E-state index < -0.39 is 0 Å². The Morgan fingerprint density at radius 1 is 1.15 bits per heavy atom. The van der Waals surface area contributed by atoms with Gasteiger partial charge in [0.1, 0.15) is 5.82 Å². The van der Waals surface area contributed by atoms with Gasteiger partial charge in [0, 0.05) is 11.3 Å². The number of rotatable bonds is 6. The van der Waals surface area contributed by atoms with Crippen molar-refractivity contribution in [3.05, 3.63) is 65.8 Å². The molecule has 0 saturated heterocycles. The van der Waals surface area contributed by atoms with Crippen LogP contribution in [-0.4, -0.2) is 20.3 Å². The van der Waals surface area contributed by atoms with Gasteiger partial charge in [-0.1, -0.05) is 58.6 Å². The van der Waals surface area contributed by atoms with E-state index in [0.29, 0.717) is 28.3 Å². The molecule has 6 nitrogen and oxygen atoms in total. The Labute approximate surface area is 162 Å². The van der Waals surface area contributed by atoms with Crippen molar-refractivity contribution in [2.45, 2.75) is 17.0 Å². The van der Waals surface area contributed by atoms with Crippen molar-refractivity contribution in [1.82, 2.24) is 20.3 Å². The van der Waals surface area contributed by atoms with E-state index in [9.17, 15) is 4.39 Å². The lowest BCUT2D eigenvalue weighted by atomic mass is 10.1. The van der Waals surface area contributed by atoms with Crippen LogP contribution in [0.25, 0.3) is 11.4 Å². The number of hydrogen-bond acceptors (Lipinski definition) is 8. The molecule has 4 aromatic rings. The van der Waals surface area contributed by atoms with Gasteiger partial charge in [-0.05, 0) is 30.7 Å². The van der Waals surface area contributed by atoms with Crippen molar-refractivity contribution in [3.8, 4) is 11.4 Å². The zero-order valence-corrected chi connectivity index (χ0v) is 15.9. The third-order valence-electron chi connectivity index (χ3n) is 3.66. The number of benzene rings is 2. The van der Waals surface area contributed by atoms with Crippen LogP contribution in [0.5, 0.6) is 0 Å². The summed E-state index contributed by atoms with van der Waals surface area (Å²) in [6, 6.07) is 14.1. The first kappa shape index (κ1) is 17.6. The maximum Gasteiger partial charge on any atom is 0.237 e. The third-order valence-corrected chi connectivity index (χ3v) is 5.61. The average molecular weight is 399 g/mol. The summed E-state index contributed by atoms with van der Waals surface area (Å²) >= 11 is 2.83. The number of anilines is 2. The molecule has 0 fully saturated rings. The molecule has 1 N–H and O–H groups in total. The molecule has 0 unspecified atom stereocenters. The Morgan fingerprint density at radius 3 is 2.89 bits per heavy atom. The predicted molar refractivity (Wildman–Crippen MR) is 104 cm³/mol. The van der Waals surface area contributed by atoms with Crippen LogP contribution in [0, 0.1) is 12.7 Å². The first-order valence-corrected chi connectivity index (χ1v) is 9.85. The van der Waals surface area contributed by atoms with Crippen molar-refractivity contribution in [2.75, 3.05) is 5.32 Å². The van der Waals surface area contributed by atoms with Crippen molar-refractivity contribution in [1.29, 1.82) is 0 Å². The summed E-state index contributed by atoms with van der Waals surface area (Å²) in [4.78, 5) is 4.44. The SMILES string of the molecule is Cc1ccccc1-c1noc(CSc2nnc(Nc3cccc(F)c3)s2)n1. The molecule has 2 aromatic heterocycles. The molecule has 0 radical (unpaired) electrons. The predicted octanol–water partition coefficient (Wildman–Crippen LogP) is 5.07. The molecule has 0 aliphatic carbocycles. The maximum atomic E-state index is 13.2. The number of halogens is 1. The van der Waals surface area contributed by atoms with E-state index >= 15 is 0 Å². The first-order chi connectivity index (χ1) is 13.2. The van der Waals surface area contributed by atoms with Gasteiger partial charge in [0.25, 0.3) is 0 Å². The molecule has 9 heteroatoms. The molecular weight excluding hydrogens is 385 g/mol. The molecule has 0 amide bonds. The summed E-state index contributed by atoms with van der Waals surface area (Å²) in [5.41, 5.74) is 2.67. The zero-order chi connectivity index (χ0) is 18.6. The van der Waals surface area contributed by atoms with Crippen LogP contribution >= 0.6 is 23.1 Å². The number of aryl methyl sites for hydroxylation is 1. The van der Waals surface area contributed by atoms with E-state index in [1.54, 1.807) is 12.1 Å². The Bertz CT molecular complexity index is 1070. The molecule has 136 valence electrons. The molecule has 0 saturated carbocycles. The number of nitrogens with zero attached hydrogens (tertiary/aromatic N) is 4. The Hall–Kier alpha value is -2.78. The summed E-state index contributed by atoms with van der Waals surface area (Å²) in [6.07, 6.45) is 0. The molecule has 27 heavy (non-hydrogen) atoms. The summed E-state index contributed by atoms with van der Waals surface area (Å²) in [7, 11) is 0. The number of hydrogen-bond donors (Lipinski definition) is 1. The second-order valence-corrected chi connectivity index (χ2v) is 7.82. The molecule has 0 aliphatic rings. The highest BCUT2D eigenvalue weighted by Gasteiger charge is 2.12. The van der Waals surface area contributed by atoms with E-state index in [1.807, 2.05) is 31.2 Å². The summed E-state index contributed by atoms with van der Waals surface area (Å²) in [5.74, 6) is 1.29. The molecule has 0 spiro atoms. The zero-order valence-electron chi connectivity index (χ0n) is 14.2. The standard InChI is InChI=1S/C18H14FN5OS2/c1-11-5-2-3-8-14(11)16-21-15(25-24-16)10-26-18-23-22-17(27-18)20-13-7-4-6-12(19)9-13/h2-9H,10H2,1H3,(H,20,22). The lowest BCUT2D eigenvalue weighted by molar-refractivity contribution is 0.391. The van der Waals surface area contributed by atoms with Gasteiger partial charge in [-0.15, -0.1) is 10.2 Å². The second kappa shape index (κ2) is 7.85. The van der Waals surface area contributed by atoms with Crippen LogP contribution in [0.3, 0.4) is 0 Å². The highest BCUT2D eigenvalue weighted by molar-refractivity contribution is 8.00. The molecule has 0 atom stereocenters. The monoisotopic (exact) mass is 399 g/mol. The quantitative estimate of drug-likeness (QED) is 0.454. The highest BCUT2D eigenvalue weighted by Crippen LogP contribution is 2.30. The fraction of sp³-hybridized carbons (Fsp3) is 0.111. The van der Waals surface area contributed by atoms with Crippen LogP contribution in [0.2, 0.25) is 0 Å². The van der Waals surface area contributed by atoms with Crippen LogP contribution in [-0.2, 0) is 5.75 Å². The molecule has 0 aliphatic heterocycles. The van der Waals surface area contributed by atoms with Crippen molar-refractivity contribution < 1.29 is 8.91 Å². The Kier molecular flexibility index (Phi) is 5.12. The van der Waals surface area contributed by atoms with Crippen LogP contribution in [0.4, 0.5) is 15.2 Å². The third kappa shape index (κ3) is 4.32. The molecule has 0 bridgehead atoms. The topological polar surface area (TPSA) is 76.7 Å². The minimum absolute atomic E-state index is 0.306. The van der Waals surface area contributed by atoms with Gasteiger partial charge >= 0.3 is 0 Å². The fourth-order valence-corrected chi connectivity index (χ4v) is 3.99. The molecule has 2 aromatic carbocycles. The lowest BCUT2D eigenvalue weighted by Crippen LogP contribution is -1.89.